The summed E-state index contributed by atoms with van der Waals surface area (Å²) in [6, 6.07) is 12.0. The summed E-state index contributed by atoms with van der Waals surface area (Å²) in [4.78, 5) is 16.2. The summed E-state index contributed by atoms with van der Waals surface area (Å²) in [7, 11) is 3.27. The first kappa shape index (κ1) is 41.6. The van der Waals surface area contributed by atoms with Crippen LogP contribution in [0.1, 0.15) is 56.9 Å². The van der Waals surface area contributed by atoms with Gasteiger partial charge in [-0.3, -0.25) is 9.36 Å². The number of methoxy groups -OCH3 is 1. The molecule has 1 heterocycles. The molecule has 282 valence electrons. The van der Waals surface area contributed by atoms with Crippen molar-refractivity contribution in [3.63, 3.8) is 0 Å². The molecular weight excluding hydrogens is 753 g/mol. The standard InChI is InChI=1S/C37H44Cl2F2N4O5S2/c1-24(35(46)47)43(17-9-8-10-18-45(4,5)6)52(48,49)28-20-31(39)29(32(41)21-28)23-51-36-42-22-34(44(36)27-14-12-26(40)13-15-27)37(2,3)25-11-16-30(38)33(19-25)50-7/h11-16,19-22,24H,8-10,17-18,23H2,1-7H3/p+1. The molecule has 0 saturated heterocycles. The lowest BCUT2D eigenvalue weighted by Crippen LogP contribution is -2.43. The Kier molecular flexibility index (Phi) is 13.5. The van der Waals surface area contributed by atoms with Crippen LogP contribution >= 0.6 is 35.0 Å². The zero-order valence-corrected chi connectivity index (χ0v) is 33.4. The number of imidazole rings is 1. The highest BCUT2D eigenvalue weighted by Crippen LogP contribution is 2.40. The van der Waals surface area contributed by atoms with Crippen LogP contribution in [0.15, 0.2) is 70.8 Å². The fourth-order valence-corrected chi connectivity index (χ4v) is 9.03. The Labute approximate surface area is 319 Å². The molecule has 4 aromatic rings. The second-order valence-corrected chi connectivity index (χ2v) is 17.7. The summed E-state index contributed by atoms with van der Waals surface area (Å²) in [5, 5.41) is 10.5. The molecule has 0 spiro atoms. The Bertz CT molecular complexity index is 1980. The van der Waals surface area contributed by atoms with Crippen molar-refractivity contribution in [2.75, 3.05) is 41.3 Å². The zero-order valence-electron chi connectivity index (χ0n) is 30.3. The predicted octanol–water partition coefficient (Wildman–Crippen LogP) is 8.42. The van der Waals surface area contributed by atoms with E-state index in [9.17, 15) is 22.7 Å². The number of aliphatic carboxylic acids is 1. The van der Waals surface area contributed by atoms with E-state index in [1.807, 2.05) is 30.5 Å². The summed E-state index contributed by atoms with van der Waals surface area (Å²) in [6.07, 6.45) is 3.66. The first-order valence-corrected chi connectivity index (χ1v) is 19.8. The van der Waals surface area contributed by atoms with E-state index in [0.29, 0.717) is 34.5 Å². The van der Waals surface area contributed by atoms with Crippen LogP contribution in [0.25, 0.3) is 5.69 Å². The molecule has 0 fully saturated rings. The first-order valence-electron chi connectivity index (χ1n) is 16.6. The Hall–Kier alpha value is -3.20. The third kappa shape index (κ3) is 9.66. The summed E-state index contributed by atoms with van der Waals surface area (Å²) in [5.74, 6) is -2.12. The van der Waals surface area contributed by atoms with E-state index in [1.54, 1.807) is 24.4 Å². The van der Waals surface area contributed by atoms with Crippen molar-refractivity contribution < 1.29 is 36.3 Å². The highest BCUT2D eigenvalue weighted by molar-refractivity contribution is 7.98. The lowest BCUT2D eigenvalue weighted by molar-refractivity contribution is -0.870. The molecule has 1 unspecified atom stereocenters. The van der Waals surface area contributed by atoms with E-state index in [1.165, 1.54) is 26.2 Å². The maximum Gasteiger partial charge on any atom is 0.321 e. The molecule has 9 nitrogen and oxygen atoms in total. The van der Waals surface area contributed by atoms with Gasteiger partial charge in [-0.15, -0.1) is 0 Å². The van der Waals surface area contributed by atoms with E-state index in [0.717, 1.165) is 56.9 Å². The van der Waals surface area contributed by atoms with Gasteiger partial charge in [-0.05, 0) is 80.3 Å². The molecule has 0 bridgehead atoms. The number of quaternary nitrogens is 1. The number of rotatable bonds is 17. The molecular formula is C37H45Cl2F2N4O5S2+. The highest BCUT2D eigenvalue weighted by atomic mass is 35.5. The summed E-state index contributed by atoms with van der Waals surface area (Å²) >= 11 is 14.0. The van der Waals surface area contributed by atoms with E-state index in [-0.39, 0.29) is 22.9 Å². The van der Waals surface area contributed by atoms with E-state index in [4.69, 9.17) is 27.9 Å². The number of halogens is 4. The van der Waals surface area contributed by atoms with E-state index < -0.39 is 44.0 Å². The van der Waals surface area contributed by atoms with Gasteiger partial charge in [0.15, 0.2) is 5.16 Å². The second-order valence-electron chi connectivity index (χ2n) is 14.1. The maximum atomic E-state index is 15.8. The molecule has 0 aliphatic carbocycles. The van der Waals surface area contributed by atoms with Crippen molar-refractivity contribution in [2.24, 2.45) is 0 Å². The van der Waals surface area contributed by atoms with Gasteiger partial charge in [-0.2, -0.15) is 4.31 Å². The monoisotopic (exact) mass is 797 g/mol. The molecule has 15 heteroatoms. The number of benzene rings is 3. The largest absolute Gasteiger partial charge is 0.495 e. The Balaban J connectivity index is 1.65. The number of sulfonamides is 1. The van der Waals surface area contributed by atoms with Crippen molar-refractivity contribution in [1.82, 2.24) is 13.9 Å². The number of thioether (sulfide) groups is 1. The quantitative estimate of drug-likeness (QED) is 0.0651. The normalized spacial score (nSPS) is 13.1. The van der Waals surface area contributed by atoms with E-state index >= 15 is 4.39 Å². The van der Waals surface area contributed by atoms with Gasteiger partial charge in [0.25, 0.3) is 0 Å². The number of hydrogen-bond donors (Lipinski definition) is 1. The van der Waals surface area contributed by atoms with Crippen molar-refractivity contribution in [1.29, 1.82) is 0 Å². The van der Waals surface area contributed by atoms with Gasteiger partial charge in [-0.25, -0.2) is 22.2 Å². The molecule has 3 aromatic carbocycles. The van der Waals surface area contributed by atoms with Crippen LogP contribution in [0, 0.1) is 11.6 Å². The van der Waals surface area contributed by atoms with Gasteiger partial charge in [-0.1, -0.05) is 54.9 Å². The number of carboxylic acids is 1. The van der Waals surface area contributed by atoms with Crippen LogP contribution in [0.2, 0.25) is 10.0 Å². The fraction of sp³-hybridized carbons (Fsp3) is 0.405. The molecule has 1 atom stereocenters. The predicted molar refractivity (Wildman–Crippen MR) is 202 cm³/mol. The Morgan fingerprint density at radius 3 is 2.31 bits per heavy atom. The third-order valence-electron chi connectivity index (χ3n) is 8.89. The molecule has 52 heavy (non-hydrogen) atoms. The SMILES string of the molecule is COc1cc(C(C)(C)c2cnc(SCc3c(F)cc(S(=O)(=O)N(CCCCC[N+](C)(C)C)C(C)C(=O)O)cc3Cl)n2-c2ccc(F)cc2)ccc1Cl. The number of carboxylic acid groups (broad SMARTS) is 1. The highest BCUT2D eigenvalue weighted by Gasteiger charge is 2.34. The van der Waals surface area contributed by atoms with Crippen LogP contribution in [0.5, 0.6) is 5.75 Å². The number of aromatic nitrogens is 2. The van der Waals surface area contributed by atoms with Crippen molar-refractivity contribution in [3.05, 3.63) is 99.3 Å². The summed E-state index contributed by atoms with van der Waals surface area (Å²) < 4.78 is 66.3. The number of carbonyl (C=O) groups is 1. The van der Waals surface area contributed by atoms with Crippen molar-refractivity contribution in [3.8, 4) is 11.4 Å². The maximum absolute atomic E-state index is 15.8. The van der Waals surface area contributed by atoms with Crippen LogP contribution in [0.4, 0.5) is 8.78 Å². The number of unbranched alkanes of at least 4 members (excludes halogenated alkanes) is 2. The second kappa shape index (κ2) is 16.9. The summed E-state index contributed by atoms with van der Waals surface area (Å²) in [6.45, 7) is 6.11. The van der Waals surface area contributed by atoms with Gasteiger partial charge in [0, 0.05) is 34.0 Å². The van der Waals surface area contributed by atoms with Crippen LogP contribution in [0.3, 0.4) is 0 Å². The fourth-order valence-electron chi connectivity index (χ4n) is 5.73. The van der Waals surface area contributed by atoms with Gasteiger partial charge in [0.1, 0.15) is 23.4 Å². The minimum absolute atomic E-state index is 0.0284. The first-order chi connectivity index (χ1) is 24.3. The van der Waals surface area contributed by atoms with Crippen LogP contribution in [-0.4, -0.2) is 85.2 Å². The minimum Gasteiger partial charge on any atom is -0.495 e. The molecule has 0 saturated carbocycles. The van der Waals surface area contributed by atoms with Gasteiger partial charge < -0.3 is 14.3 Å². The number of ether oxygens (including phenoxy) is 1. The van der Waals surface area contributed by atoms with Gasteiger partial charge in [0.2, 0.25) is 10.0 Å². The van der Waals surface area contributed by atoms with Gasteiger partial charge in [0.05, 0.1) is 56.6 Å². The molecule has 4 rings (SSSR count). The number of nitrogens with zero attached hydrogens (tertiary/aromatic N) is 4. The average Bonchev–Trinajstić information content (AvgIpc) is 3.50. The minimum atomic E-state index is -4.43. The molecule has 0 radical (unpaired) electrons. The Morgan fingerprint density at radius 2 is 1.71 bits per heavy atom. The van der Waals surface area contributed by atoms with E-state index in [2.05, 4.69) is 26.1 Å². The van der Waals surface area contributed by atoms with Crippen LogP contribution < -0.4 is 4.74 Å². The third-order valence-corrected chi connectivity index (χ3v) is 12.5. The smallest absolute Gasteiger partial charge is 0.321 e. The molecule has 0 aliphatic rings. The average molecular weight is 799 g/mol. The molecule has 1 N–H and O–H groups in total. The van der Waals surface area contributed by atoms with Crippen molar-refractivity contribution >= 4 is 51.0 Å². The lowest BCUT2D eigenvalue weighted by Gasteiger charge is -2.28. The lowest BCUT2D eigenvalue weighted by atomic mass is 9.81. The topological polar surface area (TPSA) is 102 Å². The number of hydrogen-bond acceptors (Lipinski definition) is 6. The molecule has 1 aromatic heterocycles. The molecule has 0 amide bonds. The van der Waals surface area contributed by atoms with Crippen molar-refractivity contribution in [2.45, 2.75) is 67.3 Å². The van der Waals surface area contributed by atoms with Crippen LogP contribution in [-0.2, 0) is 26.0 Å². The Morgan fingerprint density at radius 1 is 1.04 bits per heavy atom. The molecule has 0 aliphatic heterocycles. The zero-order chi connectivity index (χ0) is 38.6. The summed E-state index contributed by atoms with van der Waals surface area (Å²) in [5.41, 5.74) is 1.60. The van der Waals surface area contributed by atoms with Gasteiger partial charge >= 0.3 is 5.97 Å².